The number of carbonyl (C=O) groups is 1. The van der Waals surface area contributed by atoms with Gasteiger partial charge >= 0.3 is 6.18 Å². The lowest BCUT2D eigenvalue weighted by atomic mass is 9.88. The van der Waals surface area contributed by atoms with Gasteiger partial charge in [0.1, 0.15) is 11.5 Å². The fourth-order valence-electron chi connectivity index (χ4n) is 3.04. The normalized spacial score (nSPS) is 20.6. The molecule has 28 heavy (non-hydrogen) atoms. The average Bonchev–Trinajstić information content (AvgIpc) is 2.55. The zero-order valence-corrected chi connectivity index (χ0v) is 16.6. The van der Waals surface area contributed by atoms with Gasteiger partial charge in [-0.15, -0.1) is 0 Å². The summed E-state index contributed by atoms with van der Waals surface area (Å²) in [5, 5.41) is 2.32. The van der Waals surface area contributed by atoms with E-state index in [0.29, 0.717) is 11.5 Å². The predicted molar refractivity (Wildman–Crippen MR) is 99.7 cm³/mol. The molecule has 10 heteroatoms. The number of hydrogen-bond donors (Lipinski definition) is 2. The number of ether oxygens (including phenoxy) is 1. The van der Waals surface area contributed by atoms with Crippen molar-refractivity contribution in [3.8, 4) is 5.75 Å². The number of rotatable bonds is 7. The van der Waals surface area contributed by atoms with E-state index in [1.165, 1.54) is 12.1 Å². The molecule has 1 aromatic rings. The Bertz CT molecular complexity index is 789. The molecule has 1 aliphatic carbocycles. The maximum atomic E-state index is 12.4. The number of anilines is 1. The van der Waals surface area contributed by atoms with Gasteiger partial charge in [0.05, 0.1) is 5.69 Å². The summed E-state index contributed by atoms with van der Waals surface area (Å²) in [6, 6.07) is 4.10. The Morgan fingerprint density at radius 2 is 1.86 bits per heavy atom. The molecule has 1 aromatic carbocycles. The molecule has 0 saturated heterocycles. The fraction of sp³-hybridized carbons (Fsp3) is 0.611. The minimum absolute atomic E-state index is 0.0125. The van der Waals surface area contributed by atoms with Crippen LogP contribution in [0.25, 0.3) is 0 Å². The Labute approximate surface area is 162 Å². The summed E-state index contributed by atoms with van der Waals surface area (Å²) in [5.74, 6) is -1.28. The van der Waals surface area contributed by atoms with Crippen molar-refractivity contribution in [2.75, 3.05) is 17.7 Å². The highest BCUT2D eigenvalue weighted by Crippen LogP contribution is 2.28. The first kappa shape index (κ1) is 22.5. The van der Waals surface area contributed by atoms with Crippen LogP contribution in [0.15, 0.2) is 18.2 Å². The molecule has 0 bridgehead atoms. The quantitative estimate of drug-likeness (QED) is 0.706. The predicted octanol–water partition coefficient (Wildman–Crippen LogP) is 3.37. The van der Waals surface area contributed by atoms with Gasteiger partial charge in [-0.25, -0.2) is 13.1 Å². The summed E-state index contributed by atoms with van der Waals surface area (Å²) >= 11 is 0. The first-order valence-electron chi connectivity index (χ1n) is 9.03. The first-order chi connectivity index (χ1) is 12.9. The van der Waals surface area contributed by atoms with E-state index in [1.54, 1.807) is 13.0 Å². The molecule has 0 atom stereocenters. The van der Waals surface area contributed by atoms with Crippen molar-refractivity contribution in [3.05, 3.63) is 23.8 Å². The summed E-state index contributed by atoms with van der Waals surface area (Å²) in [5.41, 5.74) is 0.623. The molecule has 1 saturated carbocycles. The van der Waals surface area contributed by atoms with Crippen LogP contribution in [0.3, 0.4) is 0 Å². The van der Waals surface area contributed by atoms with Crippen molar-refractivity contribution in [2.24, 2.45) is 5.92 Å². The molecule has 6 nitrogen and oxygen atoms in total. The van der Waals surface area contributed by atoms with Crippen molar-refractivity contribution in [1.82, 2.24) is 4.72 Å². The highest BCUT2D eigenvalue weighted by atomic mass is 32.2. The Hall–Kier alpha value is -1.81. The third-order valence-corrected chi connectivity index (χ3v) is 5.82. The molecular formula is C18H25F3N2O4S. The second-order valence-electron chi connectivity index (χ2n) is 7.29. The molecule has 1 fully saturated rings. The van der Waals surface area contributed by atoms with Gasteiger partial charge in [-0.05, 0) is 56.2 Å². The van der Waals surface area contributed by atoms with Crippen molar-refractivity contribution in [2.45, 2.75) is 51.7 Å². The van der Waals surface area contributed by atoms with Crippen LogP contribution >= 0.6 is 0 Å². The molecule has 158 valence electrons. The van der Waals surface area contributed by atoms with Crippen LogP contribution in [0.5, 0.6) is 5.75 Å². The molecule has 0 aromatic heterocycles. The first-order valence-corrected chi connectivity index (χ1v) is 10.7. The van der Waals surface area contributed by atoms with E-state index < -0.39 is 34.5 Å². The largest absolute Gasteiger partial charge is 0.482 e. The van der Waals surface area contributed by atoms with Crippen molar-refractivity contribution in [3.63, 3.8) is 0 Å². The number of benzene rings is 1. The Morgan fingerprint density at radius 3 is 2.46 bits per heavy atom. The van der Waals surface area contributed by atoms with Gasteiger partial charge in [0.25, 0.3) is 0 Å². The molecule has 1 amide bonds. The molecule has 1 aliphatic rings. The van der Waals surface area contributed by atoms with E-state index in [-0.39, 0.29) is 17.5 Å². The van der Waals surface area contributed by atoms with Crippen LogP contribution in [0.2, 0.25) is 0 Å². The molecule has 2 rings (SSSR count). The van der Waals surface area contributed by atoms with E-state index >= 15 is 0 Å². The summed E-state index contributed by atoms with van der Waals surface area (Å²) < 4.78 is 68.9. The zero-order chi connectivity index (χ0) is 20.9. The van der Waals surface area contributed by atoms with Crippen LogP contribution in [0.4, 0.5) is 18.9 Å². The van der Waals surface area contributed by atoms with Crippen molar-refractivity contribution < 1.29 is 31.1 Å². The molecule has 2 N–H and O–H groups in total. The molecule has 0 heterocycles. The summed E-state index contributed by atoms with van der Waals surface area (Å²) in [6.45, 7) is 2.25. The summed E-state index contributed by atoms with van der Waals surface area (Å²) in [4.78, 5) is 12.2. The Balaban J connectivity index is 1.98. The van der Waals surface area contributed by atoms with E-state index in [1.807, 2.05) is 0 Å². The Morgan fingerprint density at radius 1 is 1.21 bits per heavy atom. The van der Waals surface area contributed by atoms with Gasteiger partial charge < -0.3 is 10.1 Å². The smallest absolute Gasteiger partial charge is 0.422 e. The maximum Gasteiger partial charge on any atom is 0.422 e. The lowest BCUT2D eigenvalue weighted by molar-refractivity contribution is -0.153. The zero-order valence-electron chi connectivity index (χ0n) is 15.8. The van der Waals surface area contributed by atoms with Crippen molar-refractivity contribution >= 4 is 21.6 Å². The third kappa shape index (κ3) is 7.67. The van der Waals surface area contributed by atoms with E-state index in [4.69, 9.17) is 4.74 Å². The maximum absolute atomic E-state index is 12.4. The number of sulfonamides is 1. The van der Waals surface area contributed by atoms with Gasteiger partial charge in [-0.3, -0.25) is 4.79 Å². The molecule has 0 unspecified atom stereocenters. The standard InChI is InChI=1S/C18H25F3N2O4S/c1-12-3-6-14(7-4-12)23-28(25,26)10-17(24)22-15-8-5-13(2)9-16(15)27-11-18(19,20)21/h5,8-9,12,14,23H,3-4,6-7,10-11H2,1-2H3,(H,22,24). The lowest BCUT2D eigenvalue weighted by Crippen LogP contribution is -2.41. The van der Waals surface area contributed by atoms with Crippen molar-refractivity contribution in [1.29, 1.82) is 0 Å². The van der Waals surface area contributed by atoms with E-state index in [0.717, 1.165) is 25.7 Å². The third-order valence-electron chi connectivity index (χ3n) is 4.49. The second-order valence-corrected chi connectivity index (χ2v) is 9.04. The van der Waals surface area contributed by atoms with E-state index in [9.17, 15) is 26.4 Å². The minimum atomic E-state index is -4.53. The topological polar surface area (TPSA) is 84.5 Å². The van der Waals surface area contributed by atoms with Gasteiger partial charge in [-0.1, -0.05) is 13.0 Å². The van der Waals surface area contributed by atoms with Gasteiger partial charge in [0.15, 0.2) is 6.61 Å². The van der Waals surface area contributed by atoms with Gasteiger partial charge in [0, 0.05) is 6.04 Å². The SMILES string of the molecule is Cc1ccc(NC(=O)CS(=O)(=O)NC2CCC(C)CC2)c(OCC(F)(F)F)c1. The summed E-state index contributed by atoms with van der Waals surface area (Å²) in [7, 11) is -3.86. The number of amides is 1. The van der Waals surface area contributed by atoms with Gasteiger partial charge in [0.2, 0.25) is 15.9 Å². The van der Waals surface area contributed by atoms with Crippen LogP contribution < -0.4 is 14.8 Å². The number of aryl methyl sites for hydroxylation is 1. The molecule has 0 radical (unpaired) electrons. The number of nitrogens with one attached hydrogen (secondary N) is 2. The van der Waals surface area contributed by atoms with Crippen LogP contribution in [-0.4, -0.2) is 38.9 Å². The monoisotopic (exact) mass is 422 g/mol. The number of alkyl halides is 3. The minimum Gasteiger partial charge on any atom is -0.482 e. The van der Waals surface area contributed by atoms with Crippen LogP contribution in [-0.2, 0) is 14.8 Å². The van der Waals surface area contributed by atoms with Crippen LogP contribution in [0, 0.1) is 12.8 Å². The average molecular weight is 422 g/mol. The highest BCUT2D eigenvalue weighted by molar-refractivity contribution is 7.90. The lowest BCUT2D eigenvalue weighted by Gasteiger charge is -2.26. The van der Waals surface area contributed by atoms with Gasteiger partial charge in [-0.2, -0.15) is 13.2 Å². The summed E-state index contributed by atoms with van der Waals surface area (Å²) in [6.07, 6.45) is -1.26. The molecule has 0 spiro atoms. The van der Waals surface area contributed by atoms with E-state index in [2.05, 4.69) is 17.0 Å². The number of carbonyl (C=O) groups excluding carboxylic acids is 1. The van der Waals surface area contributed by atoms with Crippen LogP contribution in [0.1, 0.15) is 38.2 Å². The fourth-order valence-corrected chi connectivity index (χ4v) is 4.29. The second kappa shape index (κ2) is 9.13. The number of hydrogen-bond acceptors (Lipinski definition) is 4. The molecular weight excluding hydrogens is 397 g/mol. The number of halogens is 3. The Kier molecular flexibility index (Phi) is 7.33. The molecule has 0 aliphatic heterocycles. The highest BCUT2D eigenvalue weighted by Gasteiger charge is 2.29.